The number of hydrogen-bond acceptors (Lipinski definition) is 4. The number of morpholine rings is 1. The van der Waals surface area contributed by atoms with Gasteiger partial charge >= 0.3 is 0 Å². The van der Waals surface area contributed by atoms with Crippen molar-refractivity contribution in [3.05, 3.63) is 0 Å². The Morgan fingerprint density at radius 3 is 2.89 bits per heavy atom. The van der Waals surface area contributed by atoms with E-state index in [1.165, 1.54) is 0 Å². The molecule has 1 amide bonds. The SMILES string of the molecule is CCCCN(CCO)CC(=O)N1CCOC(C)C1. The Kier molecular flexibility index (Phi) is 7.23. The second kappa shape index (κ2) is 8.45. The van der Waals surface area contributed by atoms with E-state index in [9.17, 15) is 4.79 Å². The lowest BCUT2D eigenvalue weighted by molar-refractivity contribution is -0.139. The van der Waals surface area contributed by atoms with Crippen LogP contribution in [0, 0.1) is 0 Å². The number of aliphatic hydroxyl groups excluding tert-OH is 1. The minimum Gasteiger partial charge on any atom is -0.395 e. The molecular weight excluding hydrogens is 232 g/mol. The van der Waals surface area contributed by atoms with Crippen LogP contribution in [0.2, 0.25) is 0 Å². The van der Waals surface area contributed by atoms with E-state index < -0.39 is 0 Å². The zero-order valence-electron chi connectivity index (χ0n) is 11.6. The summed E-state index contributed by atoms with van der Waals surface area (Å²) in [4.78, 5) is 16.0. The van der Waals surface area contributed by atoms with Crippen LogP contribution in [0.25, 0.3) is 0 Å². The lowest BCUT2D eigenvalue weighted by Gasteiger charge is -2.33. The van der Waals surface area contributed by atoms with Gasteiger partial charge in [-0.15, -0.1) is 0 Å². The number of nitrogens with zero attached hydrogens (tertiary/aromatic N) is 2. The molecule has 1 aliphatic heterocycles. The second-order valence-electron chi connectivity index (χ2n) is 4.87. The first kappa shape index (κ1) is 15.4. The smallest absolute Gasteiger partial charge is 0.236 e. The van der Waals surface area contributed by atoms with Crippen LogP contribution in [-0.4, -0.2) is 72.9 Å². The van der Waals surface area contributed by atoms with E-state index in [-0.39, 0.29) is 18.6 Å². The van der Waals surface area contributed by atoms with Crippen LogP contribution in [0.15, 0.2) is 0 Å². The van der Waals surface area contributed by atoms with E-state index in [2.05, 4.69) is 6.92 Å². The third kappa shape index (κ3) is 5.33. The highest BCUT2D eigenvalue weighted by molar-refractivity contribution is 5.78. The molecule has 0 saturated carbocycles. The maximum Gasteiger partial charge on any atom is 0.236 e. The Bertz CT molecular complexity index is 248. The minimum absolute atomic E-state index is 0.108. The molecule has 1 saturated heterocycles. The summed E-state index contributed by atoms with van der Waals surface area (Å²) in [5.74, 6) is 0.148. The summed E-state index contributed by atoms with van der Waals surface area (Å²) in [5.41, 5.74) is 0. The quantitative estimate of drug-likeness (QED) is 0.715. The molecule has 0 radical (unpaired) electrons. The van der Waals surface area contributed by atoms with E-state index in [0.29, 0.717) is 32.8 Å². The molecule has 0 bridgehead atoms. The number of unbranched alkanes of at least 4 members (excludes halogenated alkanes) is 1. The van der Waals surface area contributed by atoms with Gasteiger partial charge in [0.05, 0.1) is 25.9 Å². The first-order valence-electron chi connectivity index (χ1n) is 6.90. The van der Waals surface area contributed by atoms with Crippen molar-refractivity contribution in [3.63, 3.8) is 0 Å². The number of ether oxygens (including phenoxy) is 1. The fraction of sp³-hybridized carbons (Fsp3) is 0.923. The molecule has 5 nitrogen and oxygen atoms in total. The molecule has 0 aromatic heterocycles. The predicted molar refractivity (Wildman–Crippen MR) is 70.4 cm³/mol. The third-order valence-electron chi connectivity index (χ3n) is 3.20. The Balaban J connectivity index is 2.38. The molecule has 0 aromatic rings. The van der Waals surface area contributed by atoms with Gasteiger partial charge < -0.3 is 14.7 Å². The molecule has 5 heteroatoms. The molecule has 1 fully saturated rings. The average molecular weight is 258 g/mol. The van der Waals surface area contributed by atoms with Crippen LogP contribution in [0.4, 0.5) is 0 Å². The van der Waals surface area contributed by atoms with Crippen molar-refractivity contribution in [3.8, 4) is 0 Å². The monoisotopic (exact) mass is 258 g/mol. The molecule has 0 aliphatic carbocycles. The number of aliphatic hydroxyl groups is 1. The Morgan fingerprint density at radius 1 is 1.50 bits per heavy atom. The van der Waals surface area contributed by atoms with Gasteiger partial charge in [0.2, 0.25) is 5.91 Å². The molecular formula is C13H26N2O3. The van der Waals surface area contributed by atoms with Crippen molar-refractivity contribution in [2.45, 2.75) is 32.8 Å². The molecule has 0 aromatic carbocycles. The Hall–Kier alpha value is -0.650. The minimum atomic E-state index is 0.108. The average Bonchev–Trinajstić information content (AvgIpc) is 2.36. The van der Waals surface area contributed by atoms with E-state index in [1.54, 1.807) is 0 Å². The van der Waals surface area contributed by atoms with E-state index in [0.717, 1.165) is 19.4 Å². The first-order chi connectivity index (χ1) is 8.67. The lowest BCUT2D eigenvalue weighted by atomic mass is 10.2. The summed E-state index contributed by atoms with van der Waals surface area (Å²) in [6.45, 7) is 8.08. The zero-order valence-corrected chi connectivity index (χ0v) is 11.6. The van der Waals surface area contributed by atoms with Gasteiger partial charge in [0.1, 0.15) is 0 Å². The normalized spacial score (nSPS) is 20.4. The van der Waals surface area contributed by atoms with Crippen molar-refractivity contribution < 1.29 is 14.6 Å². The maximum absolute atomic E-state index is 12.1. The van der Waals surface area contributed by atoms with Crippen molar-refractivity contribution in [1.29, 1.82) is 0 Å². The largest absolute Gasteiger partial charge is 0.395 e. The number of rotatable bonds is 7. The van der Waals surface area contributed by atoms with E-state index >= 15 is 0 Å². The number of carbonyl (C=O) groups excluding carboxylic acids is 1. The fourth-order valence-electron chi connectivity index (χ4n) is 2.13. The molecule has 1 rings (SSSR count). The van der Waals surface area contributed by atoms with Crippen LogP contribution >= 0.6 is 0 Å². The number of amides is 1. The number of carbonyl (C=O) groups is 1. The van der Waals surface area contributed by atoms with Crippen LogP contribution in [-0.2, 0) is 9.53 Å². The van der Waals surface area contributed by atoms with Crippen LogP contribution in [0.3, 0.4) is 0 Å². The van der Waals surface area contributed by atoms with Crippen molar-refractivity contribution in [2.75, 3.05) is 45.9 Å². The molecule has 1 N–H and O–H groups in total. The lowest BCUT2D eigenvalue weighted by Crippen LogP contribution is -2.48. The zero-order chi connectivity index (χ0) is 13.4. The second-order valence-corrected chi connectivity index (χ2v) is 4.87. The summed E-state index contributed by atoms with van der Waals surface area (Å²) < 4.78 is 5.43. The van der Waals surface area contributed by atoms with Crippen molar-refractivity contribution in [1.82, 2.24) is 9.80 Å². The van der Waals surface area contributed by atoms with Crippen LogP contribution in [0.1, 0.15) is 26.7 Å². The van der Waals surface area contributed by atoms with Gasteiger partial charge in [0.15, 0.2) is 0 Å². The molecule has 1 unspecified atom stereocenters. The van der Waals surface area contributed by atoms with Gasteiger partial charge in [-0.3, -0.25) is 9.69 Å². The molecule has 1 heterocycles. The van der Waals surface area contributed by atoms with Gasteiger partial charge in [-0.1, -0.05) is 13.3 Å². The highest BCUT2D eigenvalue weighted by Crippen LogP contribution is 2.06. The highest BCUT2D eigenvalue weighted by atomic mass is 16.5. The third-order valence-corrected chi connectivity index (χ3v) is 3.20. The molecule has 18 heavy (non-hydrogen) atoms. The molecule has 106 valence electrons. The van der Waals surface area contributed by atoms with Crippen LogP contribution in [0.5, 0.6) is 0 Å². The van der Waals surface area contributed by atoms with Gasteiger partial charge in [0.25, 0.3) is 0 Å². The van der Waals surface area contributed by atoms with Crippen molar-refractivity contribution >= 4 is 5.91 Å². The first-order valence-corrected chi connectivity index (χ1v) is 6.90. The topological polar surface area (TPSA) is 53.0 Å². The van der Waals surface area contributed by atoms with Crippen LogP contribution < -0.4 is 0 Å². The van der Waals surface area contributed by atoms with Gasteiger partial charge in [0, 0.05) is 19.6 Å². The van der Waals surface area contributed by atoms with Gasteiger partial charge in [-0.05, 0) is 19.9 Å². The number of hydrogen-bond donors (Lipinski definition) is 1. The van der Waals surface area contributed by atoms with Crippen molar-refractivity contribution in [2.24, 2.45) is 0 Å². The van der Waals surface area contributed by atoms with E-state index in [4.69, 9.17) is 9.84 Å². The summed E-state index contributed by atoms with van der Waals surface area (Å²) in [6, 6.07) is 0. The Morgan fingerprint density at radius 2 is 2.28 bits per heavy atom. The fourth-order valence-corrected chi connectivity index (χ4v) is 2.13. The predicted octanol–water partition coefficient (Wildman–Crippen LogP) is 0.328. The molecule has 0 spiro atoms. The summed E-state index contributed by atoms with van der Waals surface area (Å²) in [7, 11) is 0. The molecule has 1 aliphatic rings. The summed E-state index contributed by atoms with van der Waals surface area (Å²) in [6.07, 6.45) is 2.29. The standard InChI is InChI=1S/C13H26N2O3/c1-3-4-5-14(6-8-16)11-13(17)15-7-9-18-12(2)10-15/h12,16H,3-11H2,1-2H3. The summed E-state index contributed by atoms with van der Waals surface area (Å²) >= 11 is 0. The Labute approximate surface area is 110 Å². The molecule has 1 atom stereocenters. The van der Waals surface area contributed by atoms with Gasteiger partial charge in [-0.2, -0.15) is 0 Å². The van der Waals surface area contributed by atoms with E-state index in [1.807, 2.05) is 16.7 Å². The van der Waals surface area contributed by atoms with Gasteiger partial charge in [-0.25, -0.2) is 0 Å². The summed E-state index contributed by atoms with van der Waals surface area (Å²) in [5, 5.41) is 9.01. The maximum atomic E-state index is 12.1. The highest BCUT2D eigenvalue weighted by Gasteiger charge is 2.22.